The van der Waals surface area contributed by atoms with Gasteiger partial charge in [0.1, 0.15) is 0 Å². The van der Waals surface area contributed by atoms with Crippen LogP contribution in [0.15, 0.2) is 22.7 Å². The molecule has 1 rings (SSSR count). The van der Waals surface area contributed by atoms with E-state index in [0.717, 1.165) is 15.6 Å². The second-order valence-corrected chi connectivity index (χ2v) is 4.96. The molecule has 1 unspecified atom stereocenters. The number of benzene rings is 1. The molecule has 0 aliphatic heterocycles. The smallest absolute Gasteiger partial charge is 0.305 e. The van der Waals surface area contributed by atoms with Crippen LogP contribution < -0.4 is 0 Å². The number of rotatable bonds is 4. The van der Waals surface area contributed by atoms with Gasteiger partial charge in [0, 0.05) is 10.5 Å². The van der Waals surface area contributed by atoms with E-state index in [1.165, 1.54) is 0 Å². The lowest BCUT2D eigenvalue weighted by Crippen LogP contribution is -2.23. The van der Waals surface area contributed by atoms with Crippen molar-refractivity contribution in [2.45, 2.75) is 19.4 Å². The summed E-state index contributed by atoms with van der Waals surface area (Å²) >= 11 is 3.49. The molecule has 1 aromatic rings. The van der Waals surface area contributed by atoms with E-state index in [1.807, 2.05) is 44.1 Å². The topological polar surface area (TPSA) is 40.5 Å². The van der Waals surface area contributed by atoms with E-state index in [4.69, 9.17) is 5.11 Å². The molecule has 1 aromatic carbocycles. The molecule has 1 N–H and O–H groups in total. The number of aliphatic carboxylic acids is 1. The average molecular weight is 286 g/mol. The Kier molecular flexibility index (Phi) is 4.50. The van der Waals surface area contributed by atoms with Crippen LogP contribution in [0.5, 0.6) is 0 Å². The summed E-state index contributed by atoms with van der Waals surface area (Å²) in [4.78, 5) is 12.7. The fraction of sp³-hybridized carbons (Fsp3) is 0.417. The Morgan fingerprint density at radius 1 is 1.50 bits per heavy atom. The Hall–Kier alpha value is -0.870. The van der Waals surface area contributed by atoms with E-state index in [2.05, 4.69) is 15.9 Å². The Morgan fingerprint density at radius 3 is 2.56 bits per heavy atom. The SMILES string of the molecule is Cc1ccc(C(CC(=O)O)N(C)C)c(Br)c1. The molecular formula is C12H16BrNO2. The van der Waals surface area contributed by atoms with Crippen LogP contribution in [0.25, 0.3) is 0 Å². The first-order valence-corrected chi connectivity index (χ1v) is 5.85. The number of carbonyl (C=O) groups is 1. The van der Waals surface area contributed by atoms with Crippen LogP contribution in [-0.2, 0) is 4.79 Å². The van der Waals surface area contributed by atoms with Gasteiger partial charge < -0.3 is 10.0 Å². The number of hydrogen-bond acceptors (Lipinski definition) is 2. The molecule has 0 saturated carbocycles. The van der Waals surface area contributed by atoms with Crippen LogP contribution in [0.4, 0.5) is 0 Å². The quantitative estimate of drug-likeness (QED) is 0.925. The largest absolute Gasteiger partial charge is 0.481 e. The molecule has 0 aromatic heterocycles. The maximum Gasteiger partial charge on any atom is 0.305 e. The number of halogens is 1. The van der Waals surface area contributed by atoms with E-state index in [0.29, 0.717) is 0 Å². The van der Waals surface area contributed by atoms with Crippen LogP contribution in [0.2, 0.25) is 0 Å². The molecule has 0 heterocycles. The molecule has 3 nitrogen and oxygen atoms in total. The maximum atomic E-state index is 10.8. The molecule has 0 amide bonds. The van der Waals surface area contributed by atoms with E-state index >= 15 is 0 Å². The summed E-state index contributed by atoms with van der Waals surface area (Å²) in [5, 5.41) is 8.90. The van der Waals surface area contributed by atoms with E-state index in [1.54, 1.807) is 0 Å². The molecule has 88 valence electrons. The first-order chi connectivity index (χ1) is 7.41. The Labute approximate surface area is 104 Å². The molecule has 4 heteroatoms. The summed E-state index contributed by atoms with van der Waals surface area (Å²) in [6.45, 7) is 2.01. The minimum absolute atomic E-state index is 0.104. The molecule has 0 radical (unpaired) electrons. The third-order valence-electron chi connectivity index (χ3n) is 2.51. The predicted octanol–water partition coefficient (Wildman–Crippen LogP) is 2.83. The monoisotopic (exact) mass is 285 g/mol. The van der Waals surface area contributed by atoms with Crippen molar-refractivity contribution in [1.29, 1.82) is 0 Å². The Bertz CT molecular complexity index is 391. The highest BCUT2D eigenvalue weighted by molar-refractivity contribution is 9.10. The van der Waals surface area contributed by atoms with Crippen molar-refractivity contribution >= 4 is 21.9 Å². The van der Waals surface area contributed by atoms with Gasteiger partial charge in [-0.1, -0.05) is 28.1 Å². The molecule has 0 aliphatic rings. The number of carboxylic acid groups (broad SMARTS) is 1. The average Bonchev–Trinajstić information content (AvgIpc) is 2.14. The van der Waals surface area contributed by atoms with Gasteiger partial charge in [-0.15, -0.1) is 0 Å². The van der Waals surface area contributed by atoms with Crippen molar-refractivity contribution in [3.63, 3.8) is 0 Å². The number of hydrogen-bond donors (Lipinski definition) is 1. The lowest BCUT2D eigenvalue weighted by molar-refractivity contribution is -0.138. The predicted molar refractivity (Wildman–Crippen MR) is 67.6 cm³/mol. The highest BCUT2D eigenvalue weighted by Crippen LogP contribution is 2.29. The number of nitrogens with zero attached hydrogens (tertiary/aromatic N) is 1. The molecule has 0 bridgehead atoms. The standard InChI is InChI=1S/C12H16BrNO2/c1-8-4-5-9(10(13)6-8)11(14(2)3)7-12(15)16/h4-6,11H,7H2,1-3H3,(H,15,16). The number of aryl methyl sites for hydroxylation is 1. The van der Waals surface area contributed by atoms with Crippen LogP contribution in [0, 0.1) is 6.92 Å². The van der Waals surface area contributed by atoms with Crippen LogP contribution in [0.1, 0.15) is 23.6 Å². The highest BCUT2D eigenvalue weighted by Gasteiger charge is 2.19. The van der Waals surface area contributed by atoms with Crippen molar-refractivity contribution < 1.29 is 9.90 Å². The maximum absolute atomic E-state index is 10.8. The van der Waals surface area contributed by atoms with Crippen LogP contribution >= 0.6 is 15.9 Å². The van der Waals surface area contributed by atoms with E-state index in [-0.39, 0.29) is 12.5 Å². The number of carboxylic acids is 1. The van der Waals surface area contributed by atoms with Crippen molar-refractivity contribution in [1.82, 2.24) is 4.90 Å². The van der Waals surface area contributed by atoms with Gasteiger partial charge in [0.2, 0.25) is 0 Å². The first kappa shape index (κ1) is 13.2. The summed E-state index contributed by atoms with van der Waals surface area (Å²) in [5.74, 6) is -0.786. The minimum atomic E-state index is -0.786. The zero-order valence-corrected chi connectivity index (χ0v) is 11.3. The van der Waals surface area contributed by atoms with Crippen molar-refractivity contribution in [2.24, 2.45) is 0 Å². The molecule has 16 heavy (non-hydrogen) atoms. The molecule has 0 aliphatic carbocycles. The molecular weight excluding hydrogens is 270 g/mol. The molecule has 0 spiro atoms. The fourth-order valence-corrected chi connectivity index (χ4v) is 2.40. The highest BCUT2D eigenvalue weighted by atomic mass is 79.9. The molecule has 0 saturated heterocycles. The van der Waals surface area contributed by atoms with Gasteiger partial charge in [-0.2, -0.15) is 0 Å². The lowest BCUT2D eigenvalue weighted by atomic mass is 10.0. The first-order valence-electron chi connectivity index (χ1n) is 5.06. The normalized spacial score (nSPS) is 12.8. The van der Waals surface area contributed by atoms with Gasteiger partial charge >= 0.3 is 5.97 Å². The van der Waals surface area contributed by atoms with Crippen molar-refractivity contribution in [3.05, 3.63) is 33.8 Å². The van der Waals surface area contributed by atoms with Crippen LogP contribution in [-0.4, -0.2) is 30.1 Å². The Morgan fingerprint density at radius 2 is 2.12 bits per heavy atom. The zero-order valence-electron chi connectivity index (χ0n) is 9.70. The Balaban J connectivity index is 3.05. The van der Waals surface area contributed by atoms with E-state index in [9.17, 15) is 4.79 Å². The summed E-state index contributed by atoms with van der Waals surface area (Å²) in [6.07, 6.45) is 0.106. The van der Waals surface area contributed by atoms with Crippen molar-refractivity contribution in [2.75, 3.05) is 14.1 Å². The third kappa shape index (κ3) is 3.32. The minimum Gasteiger partial charge on any atom is -0.481 e. The summed E-state index contributed by atoms with van der Waals surface area (Å²) < 4.78 is 0.965. The van der Waals surface area contributed by atoms with Gasteiger partial charge in [0.05, 0.1) is 6.42 Å². The van der Waals surface area contributed by atoms with Gasteiger partial charge in [-0.3, -0.25) is 4.79 Å². The van der Waals surface area contributed by atoms with Gasteiger partial charge in [-0.05, 0) is 38.2 Å². The summed E-state index contributed by atoms with van der Waals surface area (Å²) in [6, 6.07) is 5.88. The van der Waals surface area contributed by atoms with Gasteiger partial charge in [0.25, 0.3) is 0 Å². The van der Waals surface area contributed by atoms with Crippen molar-refractivity contribution in [3.8, 4) is 0 Å². The molecule has 1 atom stereocenters. The second kappa shape index (κ2) is 5.46. The fourth-order valence-electron chi connectivity index (χ4n) is 1.64. The zero-order chi connectivity index (χ0) is 12.3. The molecule has 0 fully saturated rings. The second-order valence-electron chi connectivity index (χ2n) is 4.10. The van der Waals surface area contributed by atoms with E-state index < -0.39 is 5.97 Å². The van der Waals surface area contributed by atoms with Gasteiger partial charge in [0.15, 0.2) is 0 Å². The van der Waals surface area contributed by atoms with Gasteiger partial charge in [-0.25, -0.2) is 0 Å². The summed E-state index contributed by atoms with van der Waals surface area (Å²) in [7, 11) is 3.78. The lowest BCUT2D eigenvalue weighted by Gasteiger charge is -2.24. The van der Waals surface area contributed by atoms with Crippen LogP contribution in [0.3, 0.4) is 0 Å². The summed E-state index contributed by atoms with van der Waals surface area (Å²) in [5.41, 5.74) is 2.17. The third-order valence-corrected chi connectivity index (χ3v) is 3.19.